The highest BCUT2D eigenvalue weighted by molar-refractivity contribution is 7.86. The minimum Gasteiger partial charge on any atom is -0.353 e. The number of hydrogen-bond acceptors (Lipinski definition) is 3. The van der Waals surface area contributed by atoms with Crippen LogP contribution in [0.25, 0.3) is 0 Å². The zero-order valence-electron chi connectivity index (χ0n) is 15.3. The summed E-state index contributed by atoms with van der Waals surface area (Å²) in [4.78, 5) is 12.5. The number of carbonyl (C=O) groups excluding carboxylic acids is 1. The summed E-state index contributed by atoms with van der Waals surface area (Å²) in [6, 6.07) is 10.2. The largest absolute Gasteiger partial charge is 0.353 e. The maximum absolute atomic E-state index is 12.5. The molecule has 1 aliphatic heterocycles. The lowest BCUT2D eigenvalue weighted by Gasteiger charge is -2.33. The fourth-order valence-corrected chi connectivity index (χ4v) is 4.25. The lowest BCUT2D eigenvalue weighted by molar-refractivity contribution is -0.126. The first-order valence-electron chi connectivity index (χ1n) is 8.82. The molecule has 1 saturated heterocycles. The zero-order chi connectivity index (χ0) is 18.4. The Morgan fingerprint density at radius 3 is 2.64 bits per heavy atom. The number of amides is 1. The van der Waals surface area contributed by atoms with E-state index in [1.54, 1.807) is 0 Å². The smallest absolute Gasteiger partial charge is 0.281 e. The van der Waals surface area contributed by atoms with E-state index in [2.05, 4.69) is 17.4 Å². The minimum absolute atomic E-state index is 0.0424. The van der Waals surface area contributed by atoms with Gasteiger partial charge in [0.05, 0.1) is 5.92 Å². The molecule has 25 heavy (non-hydrogen) atoms. The van der Waals surface area contributed by atoms with Gasteiger partial charge in [-0.2, -0.15) is 17.0 Å². The number of carbonyl (C=O) groups is 1. The molecule has 0 radical (unpaired) electrons. The number of piperidine rings is 1. The summed E-state index contributed by atoms with van der Waals surface area (Å²) in [6.07, 6.45) is 3.22. The van der Waals surface area contributed by atoms with Crippen LogP contribution in [0.3, 0.4) is 0 Å². The van der Waals surface area contributed by atoms with E-state index in [9.17, 15) is 13.2 Å². The summed E-state index contributed by atoms with van der Waals surface area (Å²) in [5, 5.41) is 3.05. The molecular formula is C18H29N3O3S. The normalized spacial score (nSPS) is 20.4. The zero-order valence-corrected chi connectivity index (χ0v) is 16.1. The second-order valence-corrected chi connectivity index (χ2v) is 9.06. The summed E-state index contributed by atoms with van der Waals surface area (Å²) in [5.74, 6) is -0.318. The first kappa shape index (κ1) is 19.9. The van der Waals surface area contributed by atoms with Gasteiger partial charge in [-0.25, -0.2) is 0 Å². The maximum Gasteiger partial charge on any atom is 0.281 e. The predicted molar refractivity (Wildman–Crippen MR) is 99.3 cm³/mol. The number of hydrogen-bond donors (Lipinski definition) is 1. The number of benzene rings is 1. The molecule has 1 fully saturated rings. The Kier molecular flexibility index (Phi) is 6.98. The topological polar surface area (TPSA) is 69.7 Å². The Hall–Kier alpha value is -1.44. The second kappa shape index (κ2) is 8.78. The van der Waals surface area contributed by atoms with Crippen LogP contribution in [0, 0.1) is 5.92 Å². The van der Waals surface area contributed by atoms with E-state index >= 15 is 0 Å². The summed E-state index contributed by atoms with van der Waals surface area (Å²) < 4.78 is 27.1. The number of aryl methyl sites for hydroxylation is 1. The fourth-order valence-electron chi connectivity index (χ4n) is 3.06. The van der Waals surface area contributed by atoms with Gasteiger partial charge in [0.1, 0.15) is 0 Å². The van der Waals surface area contributed by atoms with E-state index in [4.69, 9.17) is 0 Å². The van der Waals surface area contributed by atoms with E-state index in [1.807, 2.05) is 25.1 Å². The third kappa shape index (κ3) is 5.52. The van der Waals surface area contributed by atoms with Crippen molar-refractivity contribution >= 4 is 16.1 Å². The Morgan fingerprint density at radius 1 is 1.32 bits per heavy atom. The molecule has 0 aliphatic carbocycles. The molecule has 0 unspecified atom stereocenters. The van der Waals surface area contributed by atoms with E-state index in [0.717, 1.165) is 19.3 Å². The van der Waals surface area contributed by atoms with Gasteiger partial charge in [-0.1, -0.05) is 30.3 Å². The quantitative estimate of drug-likeness (QED) is 0.796. The van der Waals surface area contributed by atoms with Crippen molar-refractivity contribution in [3.05, 3.63) is 35.9 Å². The van der Waals surface area contributed by atoms with Gasteiger partial charge in [-0.3, -0.25) is 4.79 Å². The van der Waals surface area contributed by atoms with Gasteiger partial charge < -0.3 is 5.32 Å². The van der Waals surface area contributed by atoms with Crippen molar-refractivity contribution in [1.82, 2.24) is 13.9 Å². The lowest BCUT2D eigenvalue weighted by Crippen LogP contribution is -2.49. The molecule has 1 aliphatic rings. The first-order chi connectivity index (χ1) is 11.8. The van der Waals surface area contributed by atoms with Crippen molar-refractivity contribution in [3.8, 4) is 0 Å². The van der Waals surface area contributed by atoms with Crippen molar-refractivity contribution in [2.45, 2.75) is 38.6 Å². The van der Waals surface area contributed by atoms with Crippen molar-refractivity contribution in [1.29, 1.82) is 0 Å². The summed E-state index contributed by atoms with van der Waals surface area (Å²) in [5.41, 5.74) is 1.25. The fraction of sp³-hybridized carbons (Fsp3) is 0.611. The Bertz CT molecular complexity index is 661. The van der Waals surface area contributed by atoms with Gasteiger partial charge >= 0.3 is 0 Å². The molecule has 140 valence electrons. The highest BCUT2D eigenvalue weighted by Crippen LogP contribution is 2.20. The lowest BCUT2D eigenvalue weighted by atomic mass is 9.98. The number of rotatable bonds is 7. The van der Waals surface area contributed by atoms with Crippen LogP contribution in [0.4, 0.5) is 0 Å². The Labute approximate surface area is 151 Å². The third-order valence-electron chi connectivity index (χ3n) is 4.64. The van der Waals surface area contributed by atoms with Crippen LogP contribution in [-0.4, -0.2) is 56.2 Å². The van der Waals surface area contributed by atoms with E-state index in [-0.39, 0.29) is 24.4 Å². The monoisotopic (exact) mass is 367 g/mol. The van der Waals surface area contributed by atoms with Crippen LogP contribution < -0.4 is 5.32 Å². The standard InChI is InChI=1S/C18H29N3O3S/c1-15(11-12-16-8-5-4-6-9-16)19-18(22)17-10-7-13-21(14-17)25(23,24)20(2)3/h4-6,8-9,15,17H,7,10-14H2,1-3H3,(H,19,22)/t15-,17+/m0/s1. The molecule has 1 N–H and O–H groups in total. The molecule has 1 aromatic carbocycles. The average molecular weight is 368 g/mol. The molecule has 7 heteroatoms. The highest BCUT2D eigenvalue weighted by atomic mass is 32.2. The molecule has 0 bridgehead atoms. The number of nitrogens with zero attached hydrogens (tertiary/aromatic N) is 2. The molecule has 0 aromatic heterocycles. The predicted octanol–water partition coefficient (Wildman–Crippen LogP) is 1.64. The minimum atomic E-state index is -3.45. The van der Waals surface area contributed by atoms with Gasteiger partial charge in [0.2, 0.25) is 5.91 Å². The molecule has 0 spiro atoms. The van der Waals surface area contributed by atoms with E-state index in [1.165, 1.54) is 28.3 Å². The highest BCUT2D eigenvalue weighted by Gasteiger charge is 2.33. The van der Waals surface area contributed by atoms with E-state index < -0.39 is 10.2 Å². The molecule has 2 atom stereocenters. The van der Waals surface area contributed by atoms with Gasteiger partial charge in [0, 0.05) is 33.2 Å². The Balaban J connectivity index is 1.85. The van der Waals surface area contributed by atoms with Crippen molar-refractivity contribution < 1.29 is 13.2 Å². The molecule has 6 nitrogen and oxygen atoms in total. The van der Waals surface area contributed by atoms with Crippen LogP contribution in [0.1, 0.15) is 31.7 Å². The van der Waals surface area contributed by atoms with E-state index in [0.29, 0.717) is 13.0 Å². The van der Waals surface area contributed by atoms with Crippen LogP contribution in [-0.2, 0) is 21.4 Å². The summed E-state index contributed by atoms with van der Waals surface area (Å²) in [6.45, 7) is 2.74. The van der Waals surface area contributed by atoms with Crippen molar-refractivity contribution in [3.63, 3.8) is 0 Å². The molecular weight excluding hydrogens is 338 g/mol. The molecule has 1 aromatic rings. The molecule has 2 rings (SSSR count). The number of nitrogens with one attached hydrogen (secondary N) is 1. The van der Waals surface area contributed by atoms with Gasteiger partial charge in [-0.15, -0.1) is 0 Å². The van der Waals surface area contributed by atoms with Crippen LogP contribution >= 0.6 is 0 Å². The average Bonchev–Trinajstić information content (AvgIpc) is 2.60. The van der Waals surface area contributed by atoms with Crippen molar-refractivity contribution in [2.75, 3.05) is 27.2 Å². The molecule has 1 amide bonds. The third-order valence-corrected chi connectivity index (χ3v) is 6.55. The molecule has 0 saturated carbocycles. The van der Waals surface area contributed by atoms with Crippen LogP contribution in [0.2, 0.25) is 0 Å². The van der Waals surface area contributed by atoms with Gasteiger partial charge in [-0.05, 0) is 38.2 Å². The van der Waals surface area contributed by atoms with Gasteiger partial charge in [0.15, 0.2) is 0 Å². The SMILES string of the molecule is C[C@@H](CCc1ccccc1)NC(=O)[C@@H]1CCCN(S(=O)(=O)N(C)C)C1. The van der Waals surface area contributed by atoms with Crippen molar-refractivity contribution in [2.24, 2.45) is 5.92 Å². The summed E-state index contributed by atoms with van der Waals surface area (Å²) in [7, 11) is -0.417. The van der Waals surface area contributed by atoms with Crippen LogP contribution in [0.5, 0.6) is 0 Å². The first-order valence-corrected chi connectivity index (χ1v) is 10.2. The molecule has 1 heterocycles. The van der Waals surface area contributed by atoms with Gasteiger partial charge in [0.25, 0.3) is 10.2 Å². The Morgan fingerprint density at radius 2 is 2.00 bits per heavy atom. The van der Waals surface area contributed by atoms with Crippen LogP contribution in [0.15, 0.2) is 30.3 Å². The second-order valence-electron chi connectivity index (χ2n) is 6.92. The maximum atomic E-state index is 12.5. The summed E-state index contributed by atoms with van der Waals surface area (Å²) >= 11 is 0.